The fourth-order valence-corrected chi connectivity index (χ4v) is 2.01. The van der Waals surface area contributed by atoms with Crippen LogP contribution in [0.15, 0.2) is 36.4 Å². The highest BCUT2D eigenvalue weighted by atomic mass is 35.5. The number of aryl methyl sites for hydroxylation is 2. The van der Waals surface area contributed by atoms with Crippen LogP contribution in [0, 0.1) is 13.8 Å². The van der Waals surface area contributed by atoms with Crippen molar-refractivity contribution in [2.75, 3.05) is 0 Å². The number of benzene rings is 2. The van der Waals surface area contributed by atoms with Gasteiger partial charge in [0.15, 0.2) is 0 Å². The van der Waals surface area contributed by atoms with Crippen LogP contribution in [-0.2, 0) is 0 Å². The summed E-state index contributed by atoms with van der Waals surface area (Å²) in [4.78, 5) is 0.320. The molecule has 0 saturated carbocycles. The van der Waals surface area contributed by atoms with Crippen LogP contribution in [0.3, 0.4) is 0 Å². The number of nitrogens with two attached hydrogens (primary N) is 1. The van der Waals surface area contributed by atoms with E-state index in [0.717, 1.165) is 16.7 Å². The van der Waals surface area contributed by atoms with E-state index in [4.69, 9.17) is 34.3 Å². The third-order valence-corrected chi connectivity index (χ3v) is 3.40. The first-order valence-electron chi connectivity index (χ1n) is 5.82. The molecule has 0 radical (unpaired) electrons. The van der Waals surface area contributed by atoms with Crippen LogP contribution in [0.2, 0.25) is 5.02 Å². The fraction of sp³-hybridized carbons (Fsp3) is 0.133. The molecule has 0 aliphatic carbocycles. The molecule has 0 fully saturated rings. The average Bonchev–Trinajstić information content (AvgIpc) is 2.33. The van der Waals surface area contributed by atoms with Crippen molar-refractivity contribution in [1.82, 2.24) is 0 Å². The first kappa shape index (κ1) is 13.8. The highest BCUT2D eigenvalue weighted by molar-refractivity contribution is 7.80. The molecule has 2 rings (SSSR count). The van der Waals surface area contributed by atoms with Crippen molar-refractivity contribution in [3.8, 4) is 11.5 Å². The lowest BCUT2D eigenvalue weighted by molar-refractivity contribution is 0.481. The van der Waals surface area contributed by atoms with E-state index in [1.54, 1.807) is 0 Å². The van der Waals surface area contributed by atoms with E-state index in [0.29, 0.717) is 21.5 Å². The molecule has 2 aromatic carbocycles. The molecule has 19 heavy (non-hydrogen) atoms. The average molecular weight is 292 g/mol. The maximum atomic E-state index is 5.99. The molecule has 2 N–H and O–H groups in total. The summed E-state index contributed by atoms with van der Waals surface area (Å²) in [5.74, 6) is 1.37. The van der Waals surface area contributed by atoms with E-state index in [1.165, 1.54) is 0 Å². The Morgan fingerprint density at radius 2 is 1.89 bits per heavy atom. The van der Waals surface area contributed by atoms with Crippen LogP contribution < -0.4 is 10.5 Å². The predicted octanol–water partition coefficient (Wildman–Crippen LogP) is 4.38. The standard InChI is InChI=1S/C15H14ClNOS/c1-9-3-5-12(15(17)19)14(7-9)18-11-4-6-13(16)10(2)8-11/h3-8H,1-2H3,(H2,17,19). The van der Waals surface area contributed by atoms with Crippen molar-refractivity contribution >= 4 is 28.8 Å². The van der Waals surface area contributed by atoms with Crippen LogP contribution in [0.4, 0.5) is 0 Å². The topological polar surface area (TPSA) is 35.2 Å². The van der Waals surface area contributed by atoms with Gasteiger partial charge in [-0.05, 0) is 55.3 Å². The van der Waals surface area contributed by atoms with E-state index in [9.17, 15) is 0 Å². The molecule has 2 aromatic rings. The summed E-state index contributed by atoms with van der Waals surface area (Å²) in [5, 5.41) is 0.714. The van der Waals surface area contributed by atoms with E-state index < -0.39 is 0 Å². The summed E-state index contributed by atoms with van der Waals surface area (Å²) >= 11 is 11.0. The minimum absolute atomic E-state index is 0.320. The summed E-state index contributed by atoms with van der Waals surface area (Å²) in [6.45, 7) is 3.92. The Hall–Kier alpha value is -1.58. The van der Waals surface area contributed by atoms with Crippen molar-refractivity contribution in [2.45, 2.75) is 13.8 Å². The van der Waals surface area contributed by atoms with Gasteiger partial charge < -0.3 is 10.5 Å². The third-order valence-electron chi connectivity index (χ3n) is 2.76. The molecule has 0 spiro atoms. The Balaban J connectivity index is 2.39. The lowest BCUT2D eigenvalue weighted by atomic mass is 10.1. The second kappa shape index (κ2) is 5.59. The van der Waals surface area contributed by atoms with Gasteiger partial charge in [-0.3, -0.25) is 0 Å². The molecular formula is C15H14ClNOS. The molecule has 0 atom stereocenters. The van der Waals surface area contributed by atoms with Gasteiger partial charge in [0.05, 0.1) is 5.56 Å². The Kier molecular flexibility index (Phi) is 4.08. The Morgan fingerprint density at radius 3 is 2.53 bits per heavy atom. The minimum Gasteiger partial charge on any atom is -0.457 e. The predicted molar refractivity (Wildman–Crippen MR) is 83.3 cm³/mol. The van der Waals surface area contributed by atoms with Crippen LogP contribution in [0.5, 0.6) is 11.5 Å². The number of ether oxygens (including phenoxy) is 1. The van der Waals surface area contributed by atoms with Gasteiger partial charge in [-0.1, -0.05) is 29.9 Å². The van der Waals surface area contributed by atoms with Crippen molar-refractivity contribution in [3.63, 3.8) is 0 Å². The van der Waals surface area contributed by atoms with Crippen LogP contribution >= 0.6 is 23.8 Å². The van der Waals surface area contributed by atoms with Crippen molar-refractivity contribution < 1.29 is 4.74 Å². The first-order chi connectivity index (χ1) is 8.97. The molecule has 0 amide bonds. The molecule has 98 valence electrons. The van der Waals surface area contributed by atoms with Crippen LogP contribution in [-0.4, -0.2) is 4.99 Å². The molecule has 0 heterocycles. The zero-order chi connectivity index (χ0) is 14.0. The first-order valence-corrected chi connectivity index (χ1v) is 6.60. The van der Waals surface area contributed by atoms with Gasteiger partial charge in [0.2, 0.25) is 0 Å². The van der Waals surface area contributed by atoms with Crippen LogP contribution in [0.1, 0.15) is 16.7 Å². The van der Waals surface area contributed by atoms with Crippen LogP contribution in [0.25, 0.3) is 0 Å². The second-order valence-electron chi connectivity index (χ2n) is 4.38. The molecule has 0 aliphatic heterocycles. The van der Waals surface area contributed by atoms with E-state index >= 15 is 0 Å². The highest BCUT2D eigenvalue weighted by Gasteiger charge is 2.08. The molecule has 4 heteroatoms. The van der Waals surface area contributed by atoms with E-state index in [2.05, 4.69) is 0 Å². The third kappa shape index (κ3) is 3.25. The lowest BCUT2D eigenvalue weighted by Gasteiger charge is -2.12. The van der Waals surface area contributed by atoms with Crippen molar-refractivity contribution in [2.24, 2.45) is 5.73 Å². The van der Waals surface area contributed by atoms with E-state index in [1.807, 2.05) is 50.2 Å². The quantitative estimate of drug-likeness (QED) is 0.852. The lowest BCUT2D eigenvalue weighted by Crippen LogP contribution is -2.10. The summed E-state index contributed by atoms with van der Waals surface area (Å²) in [5.41, 5.74) is 8.48. The Labute approximate surface area is 123 Å². The molecule has 0 aromatic heterocycles. The van der Waals surface area contributed by atoms with Crippen molar-refractivity contribution in [3.05, 3.63) is 58.1 Å². The smallest absolute Gasteiger partial charge is 0.137 e. The van der Waals surface area contributed by atoms with Gasteiger partial charge in [-0.15, -0.1) is 0 Å². The van der Waals surface area contributed by atoms with Gasteiger partial charge in [0, 0.05) is 5.02 Å². The molecular weight excluding hydrogens is 278 g/mol. The van der Waals surface area contributed by atoms with Gasteiger partial charge in [0.1, 0.15) is 16.5 Å². The molecule has 0 aliphatic rings. The van der Waals surface area contributed by atoms with Gasteiger partial charge >= 0.3 is 0 Å². The van der Waals surface area contributed by atoms with Gasteiger partial charge in [-0.25, -0.2) is 0 Å². The number of rotatable bonds is 3. The fourth-order valence-electron chi connectivity index (χ4n) is 1.73. The monoisotopic (exact) mass is 291 g/mol. The molecule has 0 bridgehead atoms. The normalized spacial score (nSPS) is 10.3. The molecule has 0 saturated heterocycles. The van der Waals surface area contributed by atoms with Crippen molar-refractivity contribution in [1.29, 1.82) is 0 Å². The summed E-state index contributed by atoms with van der Waals surface area (Å²) in [7, 11) is 0. The zero-order valence-corrected chi connectivity index (χ0v) is 12.3. The summed E-state index contributed by atoms with van der Waals surface area (Å²) in [6, 6.07) is 11.3. The highest BCUT2D eigenvalue weighted by Crippen LogP contribution is 2.29. The van der Waals surface area contributed by atoms with Gasteiger partial charge in [-0.2, -0.15) is 0 Å². The number of thiocarbonyl (C=S) groups is 1. The van der Waals surface area contributed by atoms with Gasteiger partial charge in [0.25, 0.3) is 0 Å². The zero-order valence-electron chi connectivity index (χ0n) is 10.7. The summed E-state index contributed by atoms with van der Waals surface area (Å²) < 4.78 is 5.86. The Morgan fingerprint density at radius 1 is 1.16 bits per heavy atom. The molecule has 2 nitrogen and oxygen atoms in total. The number of hydrogen-bond acceptors (Lipinski definition) is 2. The SMILES string of the molecule is Cc1ccc(C(N)=S)c(Oc2ccc(Cl)c(C)c2)c1. The van der Waals surface area contributed by atoms with E-state index in [-0.39, 0.29) is 0 Å². The maximum absolute atomic E-state index is 5.99. The number of halogens is 1. The molecule has 0 unspecified atom stereocenters. The summed E-state index contributed by atoms with van der Waals surface area (Å²) in [6.07, 6.45) is 0. The largest absolute Gasteiger partial charge is 0.457 e. The second-order valence-corrected chi connectivity index (χ2v) is 5.22. The number of hydrogen-bond donors (Lipinski definition) is 1. The Bertz CT molecular complexity index is 640. The minimum atomic E-state index is 0.320. The maximum Gasteiger partial charge on any atom is 0.137 e.